The van der Waals surface area contributed by atoms with E-state index < -0.39 is 0 Å². The number of hydrogen-bond donors (Lipinski definition) is 1. The van der Waals surface area contributed by atoms with Crippen LogP contribution in [-0.4, -0.2) is 5.91 Å². The van der Waals surface area contributed by atoms with Gasteiger partial charge in [-0.15, -0.1) is 0 Å². The Kier molecular flexibility index (Phi) is 3.58. The smallest absolute Gasteiger partial charge is 0.224 e. The second-order valence-corrected chi connectivity index (χ2v) is 6.03. The molecule has 0 spiro atoms. The predicted molar refractivity (Wildman–Crippen MR) is 78.4 cm³/mol. The van der Waals surface area contributed by atoms with Crippen LogP contribution in [0.1, 0.15) is 55.7 Å². The molecule has 19 heavy (non-hydrogen) atoms. The molecule has 1 aromatic carbocycles. The van der Waals surface area contributed by atoms with E-state index in [1.54, 1.807) is 0 Å². The maximum absolute atomic E-state index is 11.5. The highest BCUT2D eigenvalue weighted by Crippen LogP contribution is 2.31. The molecule has 1 aromatic rings. The van der Waals surface area contributed by atoms with Gasteiger partial charge in [0, 0.05) is 12.1 Å². The highest BCUT2D eigenvalue weighted by molar-refractivity contribution is 5.94. The Morgan fingerprint density at radius 2 is 1.89 bits per heavy atom. The van der Waals surface area contributed by atoms with Gasteiger partial charge in [0.15, 0.2) is 0 Å². The van der Waals surface area contributed by atoms with Gasteiger partial charge in [-0.3, -0.25) is 4.79 Å². The van der Waals surface area contributed by atoms with Crippen molar-refractivity contribution in [3.05, 3.63) is 28.8 Å². The normalized spacial score (nSPS) is 22.8. The zero-order valence-corrected chi connectivity index (χ0v) is 11.8. The Labute approximate surface area is 115 Å². The van der Waals surface area contributed by atoms with Gasteiger partial charge >= 0.3 is 0 Å². The molecule has 0 fully saturated rings. The summed E-state index contributed by atoms with van der Waals surface area (Å²) in [7, 11) is 0. The fourth-order valence-corrected chi connectivity index (χ4v) is 3.48. The molecule has 1 amide bonds. The van der Waals surface area contributed by atoms with Gasteiger partial charge in [-0.1, -0.05) is 25.8 Å². The van der Waals surface area contributed by atoms with Crippen LogP contribution in [0.5, 0.6) is 0 Å². The molecule has 2 heteroatoms. The van der Waals surface area contributed by atoms with Crippen molar-refractivity contribution in [2.45, 2.75) is 58.3 Å². The Hall–Kier alpha value is -1.31. The molecular formula is C17H23NO. The van der Waals surface area contributed by atoms with E-state index in [1.807, 2.05) is 0 Å². The monoisotopic (exact) mass is 257 g/mol. The number of hydrogen-bond acceptors (Lipinski definition) is 1. The van der Waals surface area contributed by atoms with Crippen molar-refractivity contribution in [1.29, 1.82) is 0 Å². The van der Waals surface area contributed by atoms with Crippen LogP contribution in [0, 0.1) is 5.92 Å². The first kappa shape index (κ1) is 12.7. The van der Waals surface area contributed by atoms with Gasteiger partial charge < -0.3 is 5.32 Å². The number of nitrogens with one attached hydrogen (secondary N) is 1. The number of benzene rings is 1. The highest BCUT2D eigenvalue weighted by Gasteiger charge is 2.19. The molecule has 1 aliphatic carbocycles. The van der Waals surface area contributed by atoms with Gasteiger partial charge in [-0.05, 0) is 60.8 Å². The number of fused-ring (bicyclic) bond motifs is 2. The Morgan fingerprint density at radius 1 is 1.05 bits per heavy atom. The quantitative estimate of drug-likeness (QED) is 0.813. The van der Waals surface area contributed by atoms with Crippen molar-refractivity contribution in [3.8, 4) is 0 Å². The summed E-state index contributed by atoms with van der Waals surface area (Å²) < 4.78 is 0. The van der Waals surface area contributed by atoms with Crippen LogP contribution in [0.15, 0.2) is 12.1 Å². The molecule has 2 nitrogen and oxygen atoms in total. The van der Waals surface area contributed by atoms with Crippen LogP contribution >= 0.6 is 0 Å². The molecule has 1 atom stereocenters. The van der Waals surface area contributed by atoms with Crippen LogP contribution in [0.3, 0.4) is 0 Å². The van der Waals surface area contributed by atoms with Gasteiger partial charge in [-0.2, -0.15) is 0 Å². The zero-order chi connectivity index (χ0) is 13.2. The van der Waals surface area contributed by atoms with E-state index in [2.05, 4.69) is 24.4 Å². The van der Waals surface area contributed by atoms with Gasteiger partial charge in [0.1, 0.15) is 0 Å². The second kappa shape index (κ2) is 5.36. The fourth-order valence-electron chi connectivity index (χ4n) is 3.48. The third-order valence-corrected chi connectivity index (χ3v) is 4.78. The lowest BCUT2D eigenvalue weighted by atomic mass is 9.84. The second-order valence-electron chi connectivity index (χ2n) is 6.03. The van der Waals surface area contributed by atoms with Gasteiger partial charge in [0.05, 0.1) is 0 Å². The van der Waals surface area contributed by atoms with Crippen LogP contribution < -0.4 is 5.32 Å². The lowest BCUT2D eigenvalue weighted by Crippen LogP contribution is -2.20. The largest absolute Gasteiger partial charge is 0.326 e. The van der Waals surface area contributed by atoms with Crippen LogP contribution in [-0.2, 0) is 24.1 Å². The third-order valence-electron chi connectivity index (χ3n) is 4.78. The molecule has 1 heterocycles. The number of carbonyl (C=O) groups is 1. The Bertz CT molecular complexity index is 492. The number of anilines is 1. The number of amides is 1. The van der Waals surface area contributed by atoms with Crippen LogP contribution in [0.2, 0.25) is 0 Å². The zero-order valence-electron chi connectivity index (χ0n) is 11.8. The maximum atomic E-state index is 11.5. The topological polar surface area (TPSA) is 29.1 Å². The van der Waals surface area contributed by atoms with Crippen LogP contribution in [0.4, 0.5) is 5.69 Å². The summed E-state index contributed by atoms with van der Waals surface area (Å²) in [4.78, 5) is 11.5. The van der Waals surface area contributed by atoms with Crippen molar-refractivity contribution >= 4 is 11.6 Å². The molecule has 1 aliphatic heterocycles. The van der Waals surface area contributed by atoms with E-state index in [0.717, 1.165) is 18.0 Å². The maximum Gasteiger partial charge on any atom is 0.224 e. The van der Waals surface area contributed by atoms with Gasteiger partial charge in [0.25, 0.3) is 0 Å². The fraction of sp³-hybridized carbons (Fsp3) is 0.588. The number of carbonyl (C=O) groups excluding carboxylic acids is 1. The minimum Gasteiger partial charge on any atom is -0.326 e. The van der Waals surface area contributed by atoms with Gasteiger partial charge in [-0.25, -0.2) is 0 Å². The van der Waals surface area contributed by atoms with Crippen molar-refractivity contribution in [3.63, 3.8) is 0 Å². The van der Waals surface area contributed by atoms with E-state index in [4.69, 9.17) is 0 Å². The summed E-state index contributed by atoms with van der Waals surface area (Å²) in [6.45, 7) is 2.31. The lowest BCUT2D eigenvalue weighted by Gasteiger charge is -2.24. The molecule has 1 N–H and O–H groups in total. The summed E-state index contributed by atoms with van der Waals surface area (Å²) in [6.07, 6.45) is 9.24. The summed E-state index contributed by atoms with van der Waals surface area (Å²) in [6, 6.07) is 4.61. The van der Waals surface area contributed by atoms with Crippen molar-refractivity contribution < 1.29 is 4.79 Å². The van der Waals surface area contributed by atoms with E-state index in [0.29, 0.717) is 6.42 Å². The predicted octanol–water partition coefficient (Wildman–Crippen LogP) is 3.87. The molecule has 1 unspecified atom stereocenters. The third kappa shape index (κ3) is 2.68. The first-order valence-electron chi connectivity index (χ1n) is 7.70. The van der Waals surface area contributed by atoms with Crippen LogP contribution in [0.25, 0.3) is 0 Å². The molecule has 0 aromatic heterocycles. The molecular weight excluding hydrogens is 234 g/mol. The molecule has 0 saturated carbocycles. The minimum absolute atomic E-state index is 0.171. The molecule has 3 rings (SSSR count). The summed E-state index contributed by atoms with van der Waals surface area (Å²) in [5, 5.41) is 3.03. The highest BCUT2D eigenvalue weighted by atomic mass is 16.1. The van der Waals surface area contributed by atoms with E-state index >= 15 is 0 Å². The first-order valence-corrected chi connectivity index (χ1v) is 7.70. The number of rotatable bonds is 1. The van der Waals surface area contributed by atoms with Crippen molar-refractivity contribution in [1.82, 2.24) is 0 Å². The minimum atomic E-state index is 0.171. The molecule has 2 aliphatic rings. The standard InChI is InChI=1S/C17H23NO/c1-2-12-4-3-5-13-10-15-8-9-17(19)18-16(15)11-14(13)7-6-12/h10-12H,2-9H2,1H3,(H,18,19). The molecule has 0 radical (unpaired) electrons. The van der Waals surface area contributed by atoms with E-state index in [-0.39, 0.29) is 5.91 Å². The molecule has 102 valence electrons. The molecule has 0 bridgehead atoms. The Morgan fingerprint density at radius 3 is 2.74 bits per heavy atom. The number of aryl methyl sites for hydroxylation is 3. The van der Waals surface area contributed by atoms with Crippen molar-refractivity contribution in [2.24, 2.45) is 5.92 Å². The summed E-state index contributed by atoms with van der Waals surface area (Å²) in [5.41, 5.74) is 5.41. The lowest BCUT2D eigenvalue weighted by molar-refractivity contribution is -0.116. The average Bonchev–Trinajstić information content (AvgIpc) is 2.39. The van der Waals surface area contributed by atoms with Crippen molar-refractivity contribution in [2.75, 3.05) is 5.32 Å². The summed E-state index contributed by atoms with van der Waals surface area (Å²) >= 11 is 0. The van der Waals surface area contributed by atoms with E-state index in [1.165, 1.54) is 55.2 Å². The average molecular weight is 257 g/mol. The Balaban J connectivity index is 1.89. The molecule has 0 saturated heterocycles. The SMILES string of the molecule is CCC1CCCc2cc3c(cc2CC1)NC(=O)CC3. The van der Waals surface area contributed by atoms with Gasteiger partial charge in [0.2, 0.25) is 5.91 Å². The first-order chi connectivity index (χ1) is 9.26. The van der Waals surface area contributed by atoms with E-state index in [9.17, 15) is 4.79 Å². The summed E-state index contributed by atoms with van der Waals surface area (Å²) in [5.74, 6) is 1.06.